The summed E-state index contributed by atoms with van der Waals surface area (Å²) in [5.74, 6) is 0.0931. The normalized spacial score (nSPS) is 25.4. The molecule has 0 saturated heterocycles. The van der Waals surface area contributed by atoms with E-state index in [1.165, 1.54) is 7.11 Å². The third kappa shape index (κ3) is 2.27. The molecule has 1 aliphatic carbocycles. The second-order valence-electron chi connectivity index (χ2n) is 7.29. The van der Waals surface area contributed by atoms with E-state index in [-0.39, 0.29) is 5.78 Å². The number of fused-ring (bicyclic) bond motifs is 7. The molecule has 2 aromatic rings. The Morgan fingerprint density at radius 2 is 1.96 bits per heavy atom. The Kier molecular flexibility index (Phi) is 3.82. The molecular weight excluding hydrogens is 360 g/mol. The van der Waals surface area contributed by atoms with Crippen LogP contribution in [-0.2, 0) is 19.1 Å². The van der Waals surface area contributed by atoms with Crippen molar-refractivity contribution in [1.82, 2.24) is 0 Å². The fraction of sp³-hybridized carbons (Fsp3) is 0.364. The van der Waals surface area contributed by atoms with E-state index >= 15 is 0 Å². The molecule has 5 rings (SSSR count). The van der Waals surface area contributed by atoms with Gasteiger partial charge in [0, 0.05) is 29.9 Å². The Labute approximate surface area is 162 Å². The van der Waals surface area contributed by atoms with Crippen LogP contribution in [0.4, 0.5) is 0 Å². The first-order valence-electron chi connectivity index (χ1n) is 9.41. The van der Waals surface area contributed by atoms with Crippen molar-refractivity contribution in [1.29, 1.82) is 0 Å². The lowest BCUT2D eigenvalue weighted by molar-refractivity contribution is -0.171. The van der Waals surface area contributed by atoms with Gasteiger partial charge in [-0.15, -0.1) is 0 Å². The number of allylic oxidation sites excluding steroid dienone is 2. The SMILES string of the molecule is COC(=O)C1[C@H]2OC3=C(C(=O)CCC3)[C@@H]1c1c(c(OC)cc3ccccc13)O2. The molecule has 2 heterocycles. The van der Waals surface area contributed by atoms with E-state index in [2.05, 4.69) is 0 Å². The molecule has 144 valence electrons. The number of ether oxygens (including phenoxy) is 4. The Morgan fingerprint density at radius 3 is 2.75 bits per heavy atom. The highest BCUT2D eigenvalue weighted by atomic mass is 16.7. The molecule has 2 aromatic carbocycles. The van der Waals surface area contributed by atoms with Crippen LogP contribution in [0.15, 0.2) is 41.7 Å². The van der Waals surface area contributed by atoms with Gasteiger partial charge in [-0.25, -0.2) is 0 Å². The number of carbonyl (C=O) groups is 2. The molecule has 2 bridgehead atoms. The first-order valence-corrected chi connectivity index (χ1v) is 9.41. The van der Waals surface area contributed by atoms with E-state index in [1.54, 1.807) is 7.11 Å². The number of carbonyl (C=O) groups excluding carboxylic acids is 2. The lowest BCUT2D eigenvalue weighted by Crippen LogP contribution is -2.48. The van der Waals surface area contributed by atoms with Gasteiger partial charge in [-0.2, -0.15) is 0 Å². The van der Waals surface area contributed by atoms with Crippen LogP contribution in [0.25, 0.3) is 10.8 Å². The number of methoxy groups -OCH3 is 2. The highest BCUT2D eigenvalue weighted by molar-refractivity contribution is 6.02. The monoisotopic (exact) mass is 380 g/mol. The van der Waals surface area contributed by atoms with Crippen LogP contribution in [0.3, 0.4) is 0 Å². The number of hydrogen-bond donors (Lipinski definition) is 0. The van der Waals surface area contributed by atoms with E-state index in [0.717, 1.165) is 22.8 Å². The zero-order valence-corrected chi connectivity index (χ0v) is 15.7. The first-order chi connectivity index (χ1) is 13.6. The number of benzene rings is 2. The van der Waals surface area contributed by atoms with Crippen LogP contribution in [0.2, 0.25) is 0 Å². The number of rotatable bonds is 2. The Balaban J connectivity index is 1.85. The minimum absolute atomic E-state index is 0.0263. The van der Waals surface area contributed by atoms with Crippen molar-refractivity contribution < 1.29 is 28.5 Å². The second kappa shape index (κ2) is 6.26. The first kappa shape index (κ1) is 17.1. The highest BCUT2D eigenvalue weighted by Crippen LogP contribution is 2.56. The summed E-state index contributed by atoms with van der Waals surface area (Å²) in [7, 11) is 2.92. The molecule has 0 saturated carbocycles. The molecule has 6 nitrogen and oxygen atoms in total. The van der Waals surface area contributed by atoms with Crippen LogP contribution in [0.1, 0.15) is 30.7 Å². The van der Waals surface area contributed by atoms with Crippen molar-refractivity contribution in [2.24, 2.45) is 5.92 Å². The molecule has 0 fully saturated rings. The average Bonchev–Trinajstić information content (AvgIpc) is 2.71. The third-order valence-electron chi connectivity index (χ3n) is 5.87. The molecule has 0 spiro atoms. The van der Waals surface area contributed by atoms with Crippen LogP contribution >= 0.6 is 0 Å². The zero-order chi connectivity index (χ0) is 19.4. The average molecular weight is 380 g/mol. The molecule has 3 atom stereocenters. The zero-order valence-electron chi connectivity index (χ0n) is 15.7. The molecule has 0 aromatic heterocycles. The summed E-state index contributed by atoms with van der Waals surface area (Å²) >= 11 is 0. The predicted molar refractivity (Wildman–Crippen MR) is 100 cm³/mol. The molecule has 2 aliphatic heterocycles. The van der Waals surface area contributed by atoms with Crippen LogP contribution in [-0.4, -0.2) is 32.3 Å². The van der Waals surface area contributed by atoms with Gasteiger partial charge in [-0.3, -0.25) is 9.59 Å². The van der Waals surface area contributed by atoms with Gasteiger partial charge in [-0.1, -0.05) is 24.3 Å². The number of hydrogen-bond acceptors (Lipinski definition) is 6. The molecule has 0 radical (unpaired) electrons. The minimum Gasteiger partial charge on any atom is -0.493 e. The number of esters is 1. The summed E-state index contributed by atoms with van der Waals surface area (Å²) in [4.78, 5) is 25.6. The maximum absolute atomic E-state index is 12.9. The Bertz CT molecular complexity index is 1040. The standard InChI is InChI=1S/C22H20O6/c1-25-15-10-11-6-3-4-7-12(11)16-18-17-13(23)8-5-9-14(17)27-22(28-20(15)16)19(18)21(24)26-2/h3-4,6-7,10,18-19,22H,5,8-9H2,1-2H3/t18-,19?,22-/m0/s1. The van der Waals surface area contributed by atoms with Crippen molar-refractivity contribution >= 4 is 22.5 Å². The Hall–Kier alpha value is -3.02. The highest BCUT2D eigenvalue weighted by Gasteiger charge is 2.54. The van der Waals surface area contributed by atoms with Gasteiger partial charge in [0.25, 0.3) is 6.29 Å². The maximum Gasteiger partial charge on any atom is 0.317 e. The Morgan fingerprint density at radius 1 is 1.14 bits per heavy atom. The van der Waals surface area contributed by atoms with Gasteiger partial charge in [0.15, 0.2) is 17.3 Å². The molecule has 6 heteroatoms. The molecule has 0 amide bonds. The van der Waals surface area contributed by atoms with Crippen molar-refractivity contribution in [3.63, 3.8) is 0 Å². The summed E-state index contributed by atoms with van der Waals surface area (Å²) in [6.07, 6.45) is 1.02. The van der Waals surface area contributed by atoms with E-state index in [1.807, 2.05) is 30.3 Å². The van der Waals surface area contributed by atoms with Crippen LogP contribution in [0.5, 0.6) is 11.5 Å². The van der Waals surface area contributed by atoms with Gasteiger partial charge < -0.3 is 18.9 Å². The van der Waals surface area contributed by atoms with Gasteiger partial charge >= 0.3 is 5.97 Å². The number of Topliss-reactive ketones (excluding diaryl/α,β-unsaturated/α-hetero) is 1. The van der Waals surface area contributed by atoms with Crippen molar-refractivity contribution in [3.8, 4) is 11.5 Å². The largest absolute Gasteiger partial charge is 0.493 e. The van der Waals surface area contributed by atoms with Crippen LogP contribution < -0.4 is 9.47 Å². The lowest BCUT2D eigenvalue weighted by atomic mass is 9.71. The lowest BCUT2D eigenvalue weighted by Gasteiger charge is -2.44. The molecule has 28 heavy (non-hydrogen) atoms. The van der Waals surface area contributed by atoms with Crippen LogP contribution in [0, 0.1) is 5.92 Å². The summed E-state index contributed by atoms with van der Waals surface area (Å²) in [6, 6.07) is 9.74. The topological polar surface area (TPSA) is 71.1 Å². The minimum atomic E-state index is -0.843. The van der Waals surface area contributed by atoms with Gasteiger partial charge in [0.2, 0.25) is 0 Å². The van der Waals surface area contributed by atoms with E-state index < -0.39 is 24.1 Å². The van der Waals surface area contributed by atoms with Gasteiger partial charge in [0.05, 0.1) is 14.2 Å². The molecule has 1 unspecified atom stereocenters. The summed E-state index contributed by atoms with van der Waals surface area (Å²) in [5.41, 5.74) is 1.38. The predicted octanol–water partition coefficient (Wildman–Crippen LogP) is 3.48. The van der Waals surface area contributed by atoms with E-state index in [9.17, 15) is 9.59 Å². The molecular formula is C22H20O6. The fourth-order valence-electron chi connectivity index (χ4n) is 4.69. The molecule has 3 aliphatic rings. The summed E-state index contributed by atoms with van der Waals surface area (Å²) in [5, 5.41) is 1.89. The summed E-state index contributed by atoms with van der Waals surface area (Å²) < 4.78 is 22.8. The maximum atomic E-state index is 12.9. The number of ketones is 1. The van der Waals surface area contributed by atoms with E-state index in [4.69, 9.17) is 18.9 Å². The third-order valence-corrected chi connectivity index (χ3v) is 5.87. The van der Waals surface area contributed by atoms with Gasteiger partial charge in [-0.05, 0) is 23.3 Å². The second-order valence-corrected chi connectivity index (χ2v) is 7.29. The fourth-order valence-corrected chi connectivity index (χ4v) is 4.69. The van der Waals surface area contributed by atoms with Gasteiger partial charge in [0.1, 0.15) is 11.7 Å². The van der Waals surface area contributed by atoms with Crippen molar-refractivity contribution in [3.05, 3.63) is 47.2 Å². The van der Waals surface area contributed by atoms with Crippen molar-refractivity contribution in [2.45, 2.75) is 31.5 Å². The van der Waals surface area contributed by atoms with E-state index in [0.29, 0.717) is 35.7 Å². The quantitative estimate of drug-likeness (QED) is 0.743. The van der Waals surface area contributed by atoms with Crippen molar-refractivity contribution in [2.75, 3.05) is 14.2 Å². The smallest absolute Gasteiger partial charge is 0.317 e. The molecule has 0 N–H and O–H groups in total. The summed E-state index contributed by atoms with van der Waals surface area (Å²) in [6.45, 7) is 0.